The van der Waals surface area contributed by atoms with E-state index in [-0.39, 0.29) is 18.4 Å². The number of carboxylic acid groups (broad SMARTS) is 1. The van der Waals surface area contributed by atoms with E-state index in [2.05, 4.69) is 51.9 Å². The van der Waals surface area contributed by atoms with Gasteiger partial charge in [-0.15, -0.1) is 5.10 Å². The molecule has 0 radical (unpaired) electrons. The number of hydrogen-bond acceptors (Lipinski definition) is 6. The zero-order valence-electron chi connectivity index (χ0n) is 17.9. The summed E-state index contributed by atoms with van der Waals surface area (Å²) in [4.78, 5) is 10.9. The largest absolute Gasteiger partial charge is 0.481 e. The summed E-state index contributed by atoms with van der Waals surface area (Å²) in [6.07, 6.45) is 5.47. The summed E-state index contributed by atoms with van der Waals surface area (Å²) >= 11 is 0. The van der Waals surface area contributed by atoms with E-state index in [9.17, 15) is 4.79 Å². The quantitative estimate of drug-likeness (QED) is 0.494. The Morgan fingerprint density at radius 3 is 2.28 bits per heavy atom. The molecule has 7 nitrogen and oxygen atoms in total. The molecule has 1 saturated heterocycles. The lowest BCUT2D eigenvalue weighted by Gasteiger charge is -2.28. The third-order valence-electron chi connectivity index (χ3n) is 6.48. The lowest BCUT2D eigenvalue weighted by atomic mass is 9.85. The van der Waals surface area contributed by atoms with Crippen LogP contribution in [0.1, 0.15) is 62.0 Å². The Labute approximate surface area is 186 Å². The standard InChI is InChI=1S/C25H27N3O4/c29-23(30)14-16-4-13-22(31-15-16)19-7-5-17(6-8-19)18-9-11-21(12-10-18)26-25-28-27-24(32-25)20-2-1-3-20/h5-12,16,20,22H,1-4,13-15H2,(H,26,28)(H,29,30)/t16-,22-/m0/s1. The molecule has 0 unspecified atom stereocenters. The second kappa shape index (κ2) is 9.12. The van der Waals surface area contributed by atoms with E-state index in [0.29, 0.717) is 18.5 Å². The number of carboxylic acids is 1. The number of nitrogens with one attached hydrogen (secondary N) is 1. The van der Waals surface area contributed by atoms with E-state index in [4.69, 9.17) is 14.3 Å². The van der Waals surface area contributed by atoms with Gasteiger partial charge in [-0.05, 0) is 60.4 Å². The molecule has 2 N–H and O–H groups in total. The smallest absolute Gasteiger partial charge is 0.320 e. The molecule has 1 saturated carbocycles. The van der Waals surface area contributed by atoms with Crippen LogP contribution in [-0.2, 0) is 9.53 Å². The Hall–Kier alpha value is -3.19. The van der Waals surface area contributed by atoms with Gasteiger partial charge in [-0.1, -0.05) is 47.9 Å². The van der Waals surface area contributed by atoms with Gasteiger partial charge in [0.25, 0.3) is 0 Å². The molecule has 7 heteroatoms. The van der Waals surface area contributed by atoms with Crippen LogP contribution >= 0.6 is 0 Å². The van der Waals surface area contributed by atoms with Crippen LogP contribution in [0.4, 0.5) is 11.7 Å². The number of benzene rings is 2. The van der Waals surface area contributed by atoms with Crippen molar-refractivity contribution in [2.45, 2.75) is 50.5 Å². The van der Waals surface area contributed by atoms with Crippen LogP contribution in [-0.4, -0.2) is 27.9 Å². The van der Waals surface area contributed by atoms with Crippen molar-refractivity contribution in [1.29, 1.82) is 0 Å². The van der Waals surface area contributed by atoms with Crippen molar-refractivity contribution in [3.63, 3.8) is 0 Å². The van der Waals surface area contributed by atoms with Crippen molar-refractivity contribution >= 4 is 17.7 Å². The third kappa shape index (κ3) is 4.67. The van der Waals surface area contributed by atoms with Gasteiger partial charge in [0.05, 0.1) is 19.1 Å². The van der Waals surface area contributed by atoms with Gasteiger partial charge in [-0.25, -0.2) is 0 Å². The number of nitrogens with zero attached hydrogens (tertiary/aromatic N) is 2. The molecule has 0 spiro atoms. The van der Waals surface area contributed by atoms with E-state index in [1.807, 2.05) is 12.1 Å². The zero-order chi connectivity index (χ0) is 21.9. The molecular weight excluding hydrogens is 406 g/mol. The maximum Gasteiger partial charge on any atom is 0.320 e. The van der Waals surface area contributed by atoms with Crippen LogP contribution in [0.25, 0.3) is 11.1 Å². The number of aromatic nitrogens is 2. The molecule has 0 amide bonds. The first kappa shape index (κ1) is 20.7. The number of anilines is 2. The summed E-state index contributed by atoms with van der Waals surface area (Å²) in [7, 11) is 0. The fraction of sp³-hybridized carbons (Fsp3) is 0.400. The second-order valence-corrected chi connectivity index (χ2v) is 8.76. The Bertz CT molecular complexity index is 1050. The van der Waals surface area contributed by atoms with E-state index < -0.39 is 5.97 Å². The molecule has 1 aliphatic carbocycles. The summed E-state index contributed by atoms with van der Waals surface area (Å²) in [5.41, 5.74) is 4.29. The molecule has 1 aliphatic heterocycles. The average Bonchev–Trinajstić information content (AvgIpc) is 3.21. The molecule has 3 aromatic rings. The molecule has 2 aliphatic rings. The van der Waals surface area contributed by atoms with Crippen molar-refractivity contribution in [3.8, 4) is 11.1 Å². The molecule has 0 bridgehead atoms. The number of hydrogen-bond donors (Lipinski definition) is 2. The maximum absolute atomic E-state index is 10.9. The van der Waals surface area contributed by atoms with E-state index in [1.54, 1.807) is 0 Å². The molecule has 5 rings (SSSR count). The van der Waals surface area contributed by atoms with Crippen molar-refractivity contribution < 1.29 is 19.1 Å². The van der Waals surface area contributed by atoms with Crippen molar-refractivity contribution in [2.75, 3.05) is 11.9 Å². The summed E-state index contributed by atoms with van der Waals surface area (Å²) in [5.74, 6) is 0.522. The Morgan fingerprint density at radius 1 is 0.969 bits per heavy atom. The van der Waals surface area contributed by atoms with E-state index in [1.165, 1.54) is 6.42 Å². The summed E-state index contributed by atoms with van der Waals surface area (Å²) in [6, 6.07) is 17.0. The molecular formula is C25H27N3O4. The summed E-state index contributed by atoms with van der Waals surface area (Å²) < 4.78 is 11.7. The first-order valence-corrected chi connectivity index (χ1v) is 11.3. The van der Waals surface area contributed by atoms with Crippen molar-refractivity contribution in [1.82, 2.24) is 10.2 Å². The normalized spacial score (nSPS) is 21.1. The number of aliphatic carboxylic acids is 1. The molecule has 32 heavy (non-hydrogen) atoms. The van der Waals surface area contributed by atoms with Crippen molar-refractivity contribution in [2.24, 2.45) is 5.92 Å². The van der Waals surface area contributed by atoms with Crippen LogP contribution in [0.2, 0.25) is 0 Å². The maximum atomic E-state index is 10.9. The first-order valence-electron chi connectivity index (χ1n) is 11.3. The highest BCUT2D eigenvalue weighted by Crippen LogP contribution is 2.36. The van der Waals surface area contributed by atoms with Gasteiger partial charge in [0.15, 0.2) is 0 Å². The predicted molar refractivity (Wildman–Crippen MR) is 120 cm³/mol. The van der Waals surface area contributed by atoms with Gasteiger partial charge in [0.2, 0.25) is 5.89 Å². The monoisotopic (exact) mass is 433 g/mol. The van der Waals surface area contributed by atoms with Gasteiger partial charge in [-0.3, -0.25) is 4.79 Å². The van der Waals surface area contributed by atoms with Crippen LogP contribution in [0.5, 0.6) is 0 Å². The predicted octanol–water partition coefficient (Wildman–Crippen LogP) is 5.69. The average molecular weight is 434 g/mol. The SMILES string of the molecule is O=C(O)C[C@@H]1CC[C@@H](c2ccc(-c3ccc(Nc4nnc(C5CCC5)o4)cc3)cc2)OC1. The number of carbonyl (C=O) groups is 1. The van der Waals surface area contributed by atoms with E-state index in [0.717, 1.165) is 54.0 Å². The van der Waals surface area contributed by atoms with Gasteiger partial charge < -0.3 is 19.6 Å². The van der Waals surface area contributed by atoms with E-state index >= 15 is 0 Å². The Morgan fingerprint density at radius 2 is 1.69 bits per heavy atom. The lowest BCUT2D eigenvalue weighted by molar-refractivity contribution is -0.140. The minimum Gasteiger partial charge on any atom is -0.481 e. The highest BCUT2D eigenvalue weighted by atomic mass is 16.5. The third-order valence-corrected chi connectivity index (χ3v) is 6.48. The van der Waals surface area contributed by atoms with Crippen LogP contribution in [0.3, 0.4) is 0 Å². The number of ether oxygens (including phenoxy) is 1. The van der Waals surface area contributed by atoms with Gasteiger partial charge >= 0.3 is 12.0 Å². The molecule has 2 fully saturated rings. The first-order chi connectivity index (χ1) is 15.6. The number of rotatable bonds is 7. The van der Waals surface area contributed by atoms with Gasteiger partial charge in [0.1, 0.15) is 0 Å². The highest BCUT2D eigenvalue weighted by Gasteiger charge is 2.26. The van der Waals surface area contributed by atoms with Crippen LogP contribution in [0.15, 0.2) is 52.9 Å². The molecule has 2 heterocycles. The molecule has 2 aromatic carbocycles. The fourth-order valence-corrected chi connectivity index (χ4v) is 4.34. The summed E-state index contributed by atoms with van der Waals surface area (Å²) in [6.45, 7) is 0.509. The fourth-order valence-electron chi connectivity index (χ4n) is 4.34. The van der Waals surface area contributed by atoms with Crippen LogP contribution < -0.4 is 5.32 Å². The highest BCUT2D eigenvalue weighted by molar-refractivity contribution is 5.67. The van der Waals surface area contributed by atoms with Gasteiger partial charge in [-0.2, -0.15) is 0 Å². The Balaban J connectivity index is 1.18. The molecule has 166 valence electrons. The zero-order valence-corrected chi connectivity index (χ0v) is 17.9. The molecule has 1 aromatic heterocycles. The summed E-state index contributed by atoms with van der Waals surface area (Å²) in [5, 5.41) is 20.4. The second-order valence-electron chi connectivity index (χ2n) is 8.76. The minimum atomic E-state index is -0.752. The van der Waals surface area contributed by atoms with Gasteiger partial charge in [0, 0.05) is 11.6 Å². The molecule has 2 atom stereocenters. The minimum absolute atomic E-state index is 0.0416. The lowest BCUT2D eigenvalue weighted by Crippen LogP contribution is -2.22. The Kier molecular flexibility index (Phi) is 5.90. The topological polar surface area (TPSA) is 97.5 Å². The van der Waals surface area contributed by atoms with Crippen LogP contribution in [0, 0.1) is 5.92 Å². The van der Waals surface area contributed by atoms with Crippen molar-refractivity contribution in [3.05, 3.63) is 60.0 Å².